The molecule has 0 radical (unpaired) electrons. The van der Waals surface area contributed by atoms with E-state index < -0.39 is 0 Å². The van der Waals surface area contributed by atoms with Crippen LogP contribution in [0.4, 0.5) is 4.39 Å². The third-order valence-corrected chi connectivity index (χ3v) is 4.59. The van der Waals surface area contributed by atoms with Gasteiger partial charge in [-0.2, -0.15) is 0 Å². The topological polar surface area (TPSA) is 12.0 Å². The summed E-state index contributed by atoms with van der Waals surface area (Å²) in [6.45, 7) is 2.92. The van der Waals surface area contributed by atoms with Crippen LogP contribution in [-0.4, -0.2) is 6.54 Å². The maximum absolute atomic E-state index is 13.5. The summed E-state index contributed by atoms with van der Waals surface area (Å²) in [6, 6.07) is 13.3. The lowest BCUT2D eigenvalue weighted by atomic mass is 9.98. The highest BCUT2D eigenvalue weighted by molar-refractivity contribution is 14.1. The molecule has 2 rings (SSSR count). The van der Waals surface area contributed by atoms with Crippen molar-refractivity contribution in [1.82, 2.24) is 5.32 Å². The minimum atomic E-state index is -0.359. The van der Waals surface area contributed by atoms with Crippen LogP contribution in [0.25, 0.3) is 0 Å². The standard InChI is InChI=1S/C16H16ClFIN/c1-2-20-15(12-7-3-4-9-14(12)19)10-11-6-5-8-13(18)16(11)17/h3-9,15,20H,2,10H2,1H3. The lowest BCUT2D eigenvalue weighted by Crippen LogP contribution is -2.24. The predicted octanol–water partition coefficient (Wildman–Crippen LogP) is 4.98. The van der Waals surface area contributed by atoms with Gasteiger partial charge >= 0.3 is 0 Å². The molecule has 0 saturated carbocycles. The van der Waals surface area contributed by atoms with Gasteiger partial charge in [0.25, 0.3) is 0 Å². The van der Waals surface area contributed by atoms with Gasteiger partial charge in [-0.25, -0.2) is 4.39 Å². The van der Waals surface area contributed by atoms with Crippen molar-refractivity contribution in [3.05, 3.63) is 68.0 Å². The zero-order chi connectivity index (χ0) is 14.5. The molecule has 0 fully saturated rings. The van der Waals surface area contributed by atoms with Gasteiger partial charge in [-0.1, -0.05) is 48.9 Å². The van der Waals surface area contributed by atoms with Gasteiger partial charge in [0.2, 0.25) is 0 Å². The van der Waals surface area contributed by atoms with Gasteiger partial charge in [0.05, 0.1) is 5.02 Å². The van der Waals surface area contributed by atoms with Crippen LogP contribution in [0.2, 0.25) is 5.02 Å². The first kappa shape index (κ1) is 15.7. The Labute approximate surface area is 137 Å². The van der Waals surface area contributed by atoms with E-state index in [1.54, 1.807) is 6.07 Å². The molecule has 0 heterocycles. The second-order valence-corrected chi connectivity index (χ2v) is 6.09. The maximum Gasteiger partial charge on any atom is 0.142 e. The summed E-state index contributed by atoms with van der Waals surface area (Å²) in [4.78, 5) is 0. The molecule has 4 heteroatoms. The molecule has 1 atom stereocenters. The molecule has 0 aliphatic rings. The first-order valence-corrected chi connectivity index (χ1v) is 7.99. The van der Waals surface area contributed by atoms with E-state index in [9.17, 15) is 4.39 Å². The molecule has 2 aromatic carbocycles. The molecule has 1 N–H and O–H groups in total. The highest BCUT2D eigenvalue weighted by atomic mass is 127. The van der Waals surface area contributed by atoms with Gasteiger partial charge < -0.3 is 5.32 Å². The summed E-state index contributed by atoms with van der Waals surface area (Å²) in [6.07, 6.45) is 0.671. The van der Waals surface area contributed by atoms with E-state index in [-0.39, 0.29) is 16.9 Å². The lowest BCUT2D eigenvalue weighted by molar-refractivity contribution is 0.545. The quantitative estimate of drug-likeness (QED) is 0.695. The fourth-order valence-electron chi connectivity index (χ4n) is 2.22. The highest BCUT2D eigenvalue weighted by Gasteiger charge is 2.16. The molecule has 1 unspecified atom stereocenters. The minimum Gasteiger partial charge on any atom is -0.310 e. The second kappa shape index (κ2) is 7.38. The first-order valence-electron chi connectivity index (χ1n) is 6.54. The minimum absolute atomic E-state index is 0.132. The Kier molecular flexibility index (Phi) is 5.81. The van der Waals surface area contributed by atoms with Crippen molar-refractivity contribution in [2.45, 2.75) is 19.4 Å². The Bertz CT molecular complexity index is 588. The van der Waals surface area contributed by atoms with Crippen molar-refractivity contribution in [2.24, 2.45) is 0 Å². The van der Waals surface area contributed by atoms with E-state index in [0.29, 0.717) is 6.42 Å². The van der Waals surface area contributed by atoms with Crippen LogP contribution >= 0.6 is 34.2 Å². The third-order valence-electron chi connectivity index (χ3n) is 3.19. The van der Waals surface area contributed by atoms with Crippen LogP contribution in [0, 0.1) is 9.39 Å². The van der Waals surface area contributed by atoms with Crippen molar-refractivity contribution in [1.29, 1.82) is 0 Å². The Morgan fingerprint density at radius 3 is 2.65 bits per heavy atom. The molecule has 20 heavy (non-hydrogen) atoms. The average Bonchev–Trinajstić information content (AvgIpc) is 2.44. The molecular formula is C16H16ClFIN. The summed E-state index contributed by atoms with van der Waals surface area (Å²) in [5.74, 6) is -0.359. The van der Waals surface area contributed by atoms with E-state index in [2.05, 4.69) is 47.0 Å². The van der Waals surface area contributed by atoms with Gasteiger partial charge in [-0.3, -0.25) is 0 Å². The van der Waals surface area contributed by atoms with Gasteiger partial charge in [-0.05, 0) is 58.8 Å². The molecule has 0 saturated heterocycles. The number of nitrogens with one attached hydrogen (secondary N) is 1. The molecule has 2 aromatic rings. The smallest absolute Gasteiger partial charge is 0.142 e. The molecule has 0 spiro atoms. The van der Waals surface area contributed by atoms with Crippen molar-refractivity contribution >= 4 is 34.2 Å². The molecule has 0 amide bonds. The maximum atomic E-state index is 13.5. The Morgan fingerprint density at radius 1 is 1.20 bits per heavy atom. The first-order chi connectivity index (χ1) is 9.63. The third kappa shape index (κ3) is 3.71. The van der Waals surface area contributed by atoms with Crippen molar-refractivity contribution < 1.29 is 4.39 Å². The van der Waals surface area contributed by atoms with Crippen molar-refractivity contribution in [3.63, 3.8) is 0 Å². The monoisotopic (exact) mass is 403 g/mol. The van der Waals surface area contributed by atoms with E-state index in [1.165, 1.54) is 15.2 Å². The normalized spacial score (nSPS) is 12.4. The number of rotatable bonds is 5. The van der Waals surface area contributed by atoms with Crippen LogP contribution in [-0.2, 0) is 6.42 Å². The van der Waals surface area contributed by atoms with E-state index in [4.69, 9.17) is 11.6 Å². The van der Waals surface area contributed by atoms with Gasteiger partial charge in [0.1, 0.15) is 5.82 Å². The van der Waals surface area contributed by atoms with E-state index in [0.717, 1.165) is 12.1 Å². The number of likely N-dealkylation sites (N-methyl/N-ethyl adjacent to an activating group) is 1. The van der Waals surface area contributed by atoms with Crippen LogP contribution in [0.5, 0.6) is 0 Å². The van der Waals surface area contributed by atoms with E-state index >= 15 is 0 Å². The molecule has 0 aromatic heterocycles. The van der Waals surface area contributed by atoms with Gasteiger partial charge in [0, 0.05) is 9.61 Å². The summed E-state index contributed by atoms with van der Waals surface area (Å²) < 4.78 is 14.7. The fourth-order valence-corrected chi connectivity index (χ4v) is 3.19. The van der Waals surface area contributed by atoms with Crippen molar-refractivity contribution in [3.8, 4) is 0 Å². The van der Waals surface area contributed by atoms with E-state index in [1.807, 2.05) is 18.2 Å². The lowest BCUT2D eigenvalue weighted by Gasteiger charge is -2.20. The molecule has 0 bridgehead atoms. The van der Waals surface area contributed by atoms with Crippen LogP contribution in [0.3, 0.4) is 0 Å². The largest absolute Gasteiger partial charge is 0.310 e. The van der Waals surface area contributed by atoms with Gasteiger partial charge in [0.15, 0.2) is 0 Å². The van der Waals surface area contributed by atoms with Crippen molar-refractivity contribution in [2.75, 3.05) is 6.54 Å². The number of hydrogen-bond donors (Lipinski definition) is 1. The highest BCUT2D eigenvalue weighted by Crippen LogP contribution is 2.27. The summed E-state index contributed by atoms with van der Waals surface area (Å²) in [5, 5.41) is 3.67. The Hall–Kier alpha value is -0.650. The zero-order valence-corrected chi connectivity index (χ0v) is 14.1. The van der Waals surface area contributed by atoms with Crippen LogP contribution in [0.1, 0.15) is 24.1 Å². The molecule has 106 valence electrons. The fraction of sp³-hybridized carbons (Fsp3) is 0.250. The number of hydrogen-bond acceptors (Lipinski definition) is 1. The summed E-state index contributed by atoms with van der Waals surface area (Å²) >= 11 is 8.39. The van der Waals surface area contributed by atoms with Crippen LogP contribution in [0.15, 0.2) is 42.5 Å². The molecular weight excluding hydrogens is 388 g/mol. The summed E-state index contributed by atoms with van der Waals surface area (Å²) in [5.41, 5.74) is 2.05. The Balaban J connectivity index is 2.31. The summed E-state index contributed by atoms with van der Waals surface area (Å²) in [7, 11) is 0. The molecule has 1 nitrogen and oxygen atoms in total. The second-order valence-electron chi connectivity index (χ2n) is 4.55. The Morgan fingerprint density at radius 2 is 1.95 bits per heavy atom. The molecule has 0 aliphatic heterocycles. The number of halogens is 3. The number of benzene rings is 2. The molecule has 0 aliphatic carbocycles. The van der Waals surface area contributed by atoms with Gasteiger partial charge in [-0.15, -0.1) is 0 Å². The average molecular weight is 404 g/mol. The zero-order valence-electron chi connectivity index (χ0n) is 11.2. The SMILES string of the molecule is CCNC(Cc1cccc(F)c1Cl)c1ccccc1I. The van der Waals surface area contributed by atoms with Crippen LogP contribution < -0.4 is 5.32 Å². The predicted molar refractivity (Wildman–Crippen MR) is 90.7 cm³/mol.